The maximum absolute atomic E-state index is 13.5. The maximum Gasteiger partial charge on any atom is 0.332 e. The molecule has 1 N–H and O–H groups in total. The summed E-state index contributed by atoms with van der Waals surface area (Å²) in [6.07, 6.45) is 0. The highest BCUT2D eigenvalue weighted by Crippen LogP contribution is 2.30. The molecule has 1 amide bonds. The van der Waals surface area contributed by atoms with Gasteiger partial charge in [0.1, 0.15) is 11.2 Å². The van der Waals surface area contributed by atoms with Crippen LogP contribution in [0.3, 0.4) is 0 Å². The van der Waals surface area contributed by atoms with Gasteiger partial charge in [-0.3, -0.25) is 18.7 Å². The molecule has 0 saturated heterocycles. The van der Waals surface area contributed by atoms with Crippen LogP contribution < -0.4 is 16.6 Å². The summed E-state index contributed by atoms with van der Waals surface area (Å²) in [7, 11) is 0. The van der Waals surface area contributed by atoms with Gasteiger partial charge in [0, 0.05) is 20.8 Å². The van der Waals surface area contributed by atoms with E-state index >= 15 is 0 Å². The Hall–Kier alpha value is -3.68. The number of hydrogen-bond acceptors (Lipinski definition) is 4. The van der Waals surface area contributed by atoms with E-state index in [1.807, 2.05) is 54.6 Å². The summed E-state index contributed by atoms with van der Waals surface area (Å²) in [5.41, 5.74) is 1.01. The lowest BCUT2D eigenvalue weighted by molar-refractivity contribution is -0.116. The van der Waals surface area contributed by atoms with Crippen LogP contribution in [0.15, 0.2) is 88.5 Å². The summed E-state index contributed by atoms with van der Waals surface area (Å²) < 4.78 is 3.92. The molecular formula is C25H18ClN3O3S. The van der Waals surface area contributed by atoms with Crippen molar-refractivity contribution in [2.45, 2.75) is 13.1 Å². The molecule has 33 heavy (non-hydrogen) atoms. The van der Waals surface area contributed by atoms with Crippen LogP contribution in [0.25, 0.3) is 20.3 Å². The lowest BCUT2D eigenvalue weighted by Crippen LogP contribution is -2.41. The van der Waals surface area contributed by atoms with Gasteiger partial charge in [0.2, 0.25) is 5.91 Å². The Balaban J connectivity index is 1.65. The van der Waals surface area contributed by atoms with E-state index in [-0.39, 0.29) is 24.6 Å². The zero-order valence-corrected chi connectivity index (χ0v) is 18.9. The normalized spacial score (nSPS) is 11.2. The largest absolute Gasteiger partial charge is 0.332 e. The number of thiophene rings is 1. The number of halogens is 1. The van der Waals surface area contributed by atoms with Gasteiger partial charge >= 0.3 is 5.69 Å². The van der Waals surface area contributed by atoms with Crippen molar-refractivity contribution in [1.82, 2.24) is 9.13 Å². The first-order chi connectivity index (χ1) is 16.0. The fourth-order valence-corrected chi connectivity index (χ4v) is 5.11. The van der Waals surface area contributed by atoms with Gasteiger partial charge in [-0.1, -0.05) is 60.1 Å². The third-order valence-corrected chi connectivity index (χ3v) is 6.75. The predicted octanol–water partition coefficient (Wildman–Crippen LogP) is 4.72. The number of amides is 1. The van der Waals surface area contributed by atoms with Crippen molar-refractivity contribution in [1.29, 1.82) is 0 Å². The first kappa shape index (κ1) is 21.2. The first-order valence-corrected chi connectivity index (χ1v) is 11.4. The lowest BCUT2D eigenvalue weighted by Gasteiger charge is -2.13. The molecule has 2 aromatic heterocycles. The van der Waals surface area contributed by atoms with Crippen molar-refractivity contribution in [2.75, 3.05) is 5.32 Å². The molecule has 0 saturated carbocycles. The lowest BCUT2D eigenvalue weighted by atomic mass is 10.2. The third kappa shape index (κ3) is 4.08. The summed E-state index contributed by atoms with van der Waals surface area (Å²) in [6.45, 7) is -0.102. The van der Waals surface area contributed by atoms with E-state index in [1.165, 1.54) is 20.5 Å². The van der Waals surface area contributed by atoms with Gasteiger partial charge in [0.25, 0.3) is 5.56 Å². The zero-order chi connectivity index (χ0) is 22.9. The molecule has 0 aliphatic carbocycles. The highest BCUT2D eigenvalue weighted by atomic mass is 35.5. The Labute approximate surface area is 197 Å². The van der Waals surface area contributed by atoms with E-state index in [0.29, 0.717) is 20.9 Å². The quantitative estimate of drug-likeness (QED) is 0.400. The second kappa shape index (κ2) is 8.69. The molecule has 0 aliphatic heterocycles. The van der Waals surface area contributed by atoms with Crippen molar-refractivity contribution in [2.24, 2.45) is 0 Å². The molecular weight excluding hydrogens is 458 g/mol. The molecule has 5 rings (SSSR count). The standard InChI is InChI=1S/C25H18ClN3O3S/c26-17-10-12-18(13-11-17)27-21(30)15-28-22-19-8-4-5-9-20(19)33-23(22)24(31)29(25(28)32)14-16-6-2-1-3-7-16/h1-13H,14-15H2,(H,27,30). The molecule has 164 valence electrons. The van der Waals surface area contributed by atoms with Crippen LogP contribution >= 0.6 is 22.9 Å². The molecule has 2 heterocycles. The van der Waals surface area contributed by atoms with Crippen LogP contribution in [0.1, 0.15) is 5.56 Å². The number of rotatable bonds is 5. The molecule has 0 unspecified atom stereocenters. The summed E-state index contributed by atoms with van der Waals surface area (Å²) in [5, 5.41) is 4.13. The van der Waals surface area contributed by atoms with Gasteiger partial charge in [0.15, 0.2) is 0 Å². The van der Waals surface area contributed by atoms with Gasteiger partial charge < -0.3 is 5.32 Å². The van der Waals surface area contributed by atoms with Crippen LogP contribution in [0, 0.1) is 0 Å². The second-order valence-corrected chi connectivity index (χ2v) is 9.07. The minimum absolute atomic E-state index is 0.126. The van der Waals surface area contributed by atoms with Crippen molar-refractivity contribution in [3.05, 3.63) is 110 Å². The Bertz CT molecular complexity index is 1600. The summed E-state index contributed by atoms with van der Waals surface area (Å²) in [4.78, 5) is 39.7. The van der Waals surface area contributed by atoms with Crippen molar-refractivity contribution in [3.63, 3.8) is 0 Å². The molecule has 5 aromatic rings. The minimum Gasteiger partial charge on any atom is -0.325 e. The van der Waals surface area contributed by atoms with E-state index < -0.39 is 5.69 Å². The van der Waals surface area contributed by atoms with E-state index in [4.69, 9.17) is 11.6 Å². The monoisotopic (exact) mass is 475 g/mol. The molecule has 0 bridgehead atoms. The smallest absolute Gasteiger partial charge is 0.325 e. The van der Waals surface area contributed by atoms with E-state index in [0.717, 1.165) is 15.6 Å². The van der Waals surface area contributed by atoms with E-state index in [2.05, 4.69) is 5.32 Å². The third-order valence-electron chi connectivity index (χ3n) is 5.35. The minimum atomic E-state index is -0.522. The van der Waals surface area contributed by atoms with Gasteiger partial charge in [0.05, 0.1) is 12.1 Å². The maximum atomic E-state index is 13.5. The number of nitrogens with one attached hydrogen (secondary N) is 1. The number of anilines is 1. The zero-order valence-electron chi connectivity index (χ0n) is 17.3. The van der Waals surface area contributed by atoms with Gasteiger partial charge in [-0.05, 0) is 35.9 Å². The number of carbonyl (C=O) groups is 1. The SMILES string of the molecule is O=C(Cn1c(=O)n(Cc2ccccc2)c(=O)c2sc3ccccc3c21)Nc1ccc(Cl)cc1. The van der Waals surface area contributed by atoms with Gasteiger partial charge in [-0.15, -0.1) is 11.3 Å². The number of carbonyl (C=O) groups excluding carboxylic acids is 1. The van der Waals surface area contributed by atoms with E-state index in [9.17, 15) is 14.4 Å². The van der Waals surface area contributed by atoms with Crippen LogP contribution in [-0.2, 0) is 17.9 Å². The van der Waals surface area contributed by atoms with Crippen molar-refractivity contribution in [3.8, 4) is 0 Å². The number of benzene rings is 3. The number of nitrogens with zero attached hydrogens (tertiary/aromatic N) is 2. The van der Waals surface area contributed by atoms with E-state index in [1.54, 1.807) is 24.3 Å². The van der Waals surface area contributed by atoms with Crippen molar-refractivity contribution >= 4 is 54.8 Å². The first-order valence-electron chi connectivity index (χ1n) is 10.3. The molecule has 0 fully saturated rings. The molecule has 0 radical (unpaired) electrons. The average molecular weight is 476 g/mol. The fraction of sp³-hybridized carbons (Fsp3) is 0.0800. The van der Waals surface area contributed by atoms with Gasteiger partial charge in [-0.2, -0.15) is 0 Å². The summed E-state index contributed by atoms with van der Waals surface area (Å²) in [5.74, 6) is -0.374. The molecule has 6 nitrogen and oxygen atoms in total. The predicted molar refractivity (Wildman–Crippen MR) is 133 cm³/mol. The Morgan fingerprint density at radius 2 is 1.58 bits per heavy atom. The van der Waals surface area contributed by atoms with Crippen LogP contribution in [0.4, 0.5) is 5.69 Å². The van der Waals surface area contributed by atoms with Crippen LogP contribution in [0.2, 0.25) is 5.02 Å². The second-order valence-electron chi connectivity index (χ2n) is 7.58. The van der Waals surface area contributed by atoms with Crippen LogP contribution in [0.5, 0.6) is 0 Å². The molecule has 0 atom stereocenters. The number of fused-ring (bicyclic) bond motifs is 3. The molecule has 8 heteroatoms. The molecule has 0 spiro atoms. The fourth-order valence-electron chi connectivity index (χ4n) is 3.83. The number of hydrogen-bond donors (Lipinski definition) is 1. The molecule has 0 aliphatic rings. The van der Waals surface area contributed by atoms with Gasteiger partial charge in [-0.25, -0.2) is 4.79 Å². The average Bonchev–Trinajstić information content (AvgIpc) is 3.21. The summed E-state index contributed by atoms with van der Waals surface area (Å²) in [6, 6.07) is 23.5. The topological polar surface area (TPSA) is 73.1 Å². The highest BCUT2D eigenvalue weighted by molar-refractivity contribution is 7.25. The van der Waals surface area contributed by atoms with Crippen molar-refractivity contribution < 1.29 is 4.79 Å². The summed E-state index contributed by atoms with van der Waals surface area (Å²) >= 11 is 7.25. The Morgan fingerprint density at radius 1 is 0.879 bits per heavy atom. The Kier molecular flexibility index (Phi) is 5.58. The molecule has 3 aromatic carbocycles. The highest BCUT2D eigenvalue weighted by Gasteiger charge is 2.20. The van der Waals surface area contributed by atoms with Crippen LogP contribution in [-0.4, -0.2) is 15.0 Å². The number of aromatic nitrogens is 2. The Morgan fingerprint density at radius 3 is 2.33 bits per heavy atom.